The molecule has 0 saturated carbocycles. The average molecular weight is 377 g/mol. The quantitative estimate of drug-likeness (QED) is 0.664. The van der Waals surface area contributed by atoms with Gasteiger partial charge in [-0.3, -0.25) is 9.69 Å². The number of carbonyl (C=O) groups excluding carboxylic acids is 1. The smallest absolute Gasteiger partial charge is 0.264 e. The van der Waals surface area contributed by atoms with Crippen molar-refractivity contribution in [2.75, 3.05) is 26.2 Å². The topological polar surface area (TPSA) is 23.6 Å². The highest BCUT2D eigenvalue weighted by molar-refractivity contribution is 7.13. The van der Waals surface area contributed by atoms with Crippen LogP contribution in [0.15, 0.2) is 72.8 Å². The summed E-state index contributed by atoms with van der Waals surface area (Å²) in [5.74, 6) is 0.170. The molecule has 0 radical (unpaired) electrons. The molecule has 0 atom stereocenters. The SMILES string of the molecule is Cc1ccc(C(=O)N2CCN(C(c3ccccc3)c3ccccc3)CC2)s1. The van der Waals surface area contributed by atoms with Crippen LogP contribution in [0.5, 0.6) is 0 Å². The van der Waals surface area contributed by atoms with Crippen molar-refractivity contribution in [3.05, 3.63) is 93.7 Å². The molecule has 3 aromatic rings. The fourth-order valence-corrected chi connectivity index (χ4v) is 4.61. The first kappa shape index (κ1) is 18.0. The number of aryl methyl sites for hydroxylation is 1. The fourth-order valence-electron chi connectivity index (χ4n) is 3.77. The maximum Gasteiger partial charge on any atom is 0.264 e. The molecule has 27 heavy (non-hydrogen) atoms. The van der Waals surface area contributed by atoms with E-state index < -0.39 is 0 Å². The minimum Gasteiger partial charge on any atom is -0.335 e. The van der Waals surface area contributed by atoms with Crippen molar-refractivity contribution in [3.8, 4) is 0 Å². The van der Waals surface area contributed by atoms with Crippen LogP contribution in [0.25, 0.3) is 0 Å². The van der Waals surface area contributed by atoms with E-state index in [1.165, 1.54) is 16.0 Å². The van der Waals surface area contributed by atoms with E-state index >= 15 is 0 Å². The molecule has 2 heterocycles. The zero-order valence-corrected chi connectivity index (χ0v) is 16.4. The number of nitrogens with zero attached hydrogens (tertiary/aromatic N) is 2. The Bertz CT molecular complexity index is 844. The molecule has 4 rings (SSSR count). The minimum absolute atomic E-state index is 0.170. The summed E-state index contributed by atoms with van der Waals surface area (Å²) < 4.78 is 0. The van der Waals surface area contributed by atoms with E-state index in [2.05, 4.69) is 65.6 Å². The van der Waals surface area contributed by atoms with Crippen molar-refractivity contribution in [3.63, 3.8) is 0 Å². The zero-order valence-electron chi connectivity index (χ0n) is 15.5. The van der Waals surface area contributed by atoms with Gasteiger partial charge in [0.2, 0.25) is 0 Å². The normalized spacial score (nSPS) is 15.3. The van der Waals surface area contributed by atoms with Crippen LogP contribution in [-0.4, -0.2) is 41.9 Å². The Hall–Kier alpha value is -2.43. The zero-order chi connectivity index (χ0) is 18.6. The van der Waals surface area contributed by atoms with E-state index in [0.29, 0.717) is 0 Å². The van der Waals surface area contributed by atoms with Crippen molar-refractivity contribution in [2.24, 2.45) is 0 Å². The first-order valence-corrected chi connectivity index (χ1v) is 10.2. The van der Waals surface area contributed by atoms with Crippen LogP contribution in [0.4, 0.5) is 0 Å². The molecule has 1 aliphatic rings. The van der Waals surface area contributed by atoms with Gasteiger partial charge in [-0.2, -0.15) is 0 Å². The Labute approximate surface area is 164 Å². The Morgan fingerprint density at radius 3 is 1.85 bits per heavy atom. The lowest BCUT2D eigenvalue weighted by Gasteiger charge is -2.39. The molecule has 1 saturated heterocycles. The van der Waals surface area contributed by atoms with Crippen LogP contribution in [0.3, 0.4) is 0 Å². The van der Waals surface area contributed by atoms with Gasteiger partial charge in [-0.15, -0.1) is 11.3 Å². The summed E-state index contributed by atoms with van der Waals surface area (Å²) in [4.78, 5) is 19.3. The van der Waals surface area contributed by atoms with Gasteiger partial charge < -0.3 is 4.90 Å². The molecule has 0 bridgehead atoms. The molecule has 2 aromatic carbocycles. The second-order valence-electron chi connectivity index (χ2n) is 6.96. The third-order valence-corrected chi connectivity index (χ3v) is 6.14. The molecular formula is C23H24N2OS. The van der Waals surface area contributed by atoms with Gasteiger partial charge in [0.05, 0.1) is 10.9 Å². The van der Waals surface area contributed by atoms with E-state index in [1.807, 2.05) is 24.0 Å². The van der Waals surface area contributed by atoms with Crippen LogP contribution < -0.4 is 0 Å². The molecule has 1 aromatic heterocycles. The molecule has 4 heteroatoms. The van der Waals surface area contributed by atoms with E-state index in [-0.39, 0.29) is 11.9 Å². The summed E-state index contributed by atoms with van der Waals surface area (Å²) in [6.07, 6.45) is 0. The molecule has 0 N–H and O–H groups in total. The molecule has 0 spiro atoms. The van der Waals surface area contributed by atoms with Crippen molar-refractivity contribution in [1.82, 2.24) is 9.80 Å². The molecular weight excluding hydrogens is 352 g/mol. The van der Waals surface area contributed by atoms with Gasteiger partial charge in [0.1, 0.15) is 0 Å². The molecule has 1 amide bonds. The molecule has 1 aliphatic heterocycles. The summed E-state index contributed by atoms with van der Waals surface area (Å²) in [7, 11) is 0. The largest absolute Gasteiger partial charge is 0.335 e. The first-order valence-electron chi connectivity index (χ1n) is 9.42. The van der Waals surface area contributed by atoms with Crippen LogP contribution in [0, 0.1) is 6.92 Å². The molecule has 0 unspecified atom stereocenters. The van der Waals surface area contributed by atoms with Crippen LogP contribution in [0.2, 0.25) is 0 Å². The van der Waals surface area contributed by atoms with Gasteiger partial charge in [0.15, 0.2) is 0 Å². The van der Waals surface area contributed by atoms with Crippen LogP contribution in [0.1, 0.15) is 31.7 Å². The third-order valence-electron chi connectivity index (χ3n) is 5.15. The van der Waals surface area contributed by atoms with Gasteiger partial charge in [-0.05, 0) is 30.2 Å². The lowest BCUT2D eigenvalue weighted by molar-refractivity contribution is 0.0602. The van der Waals surface area contributed by atoms with Crippen LogP contribution >= 0.6 is 11.3 Å². The Kier molecular flexibility index (Phi) is 5.37. The molecule has 138 valence electrons. The number of rotatable bonds is 4. The molecule has 1 fully saturated rings. The van der Waals surface area contributed by atoms with Crippen molar-refractivity contribution < 1.29 is 4.79 Å². The lowest BCUT2D eigenvalue weighted by atomic mass is 9.96. The monoisotopic (exact) mass is 376 g/mol. The number of hydrogen-bond acceptors (Lipinski definition) is 3. The summed E-state index contributed by atoms with van der Waals surface area (Å²) in [6, 6.07) is 25.5. The Morgan fingerprint density at radius 1 is 0.815 bits per heavy atom. The van der Waals surface area contributed by atoms with Gasteiger partial charge in [-0.1, -0.05) is 60.7 Å². The van der Waals surface area contributed by atoms with Crippen LogP contribution in [-0.2, 0) is 0 Å². The highest BCUT2D eigenvalue weighted by Gasteiger charge is 2.28. The fraction of sp³-hybridized carbons (Fsp3) is 0.261. The summed E-state index contributed by atoms with van der Waals surface area (Å²) in [5.41, 5.74) is 2.61. The van der Waals surface area contributed by atoms with E-state index in [0.717, 1.165) is 31.1 Å². The minimum atomic E-state index is 0.170. The maximum atomic E-state index is 12.7. The predicted octanol–water partition coefficient (Wildman–Crippen LogP) is 4.60. The number of hydrogen-bond donors (Lipinski definition) is 0. The van der Waals surface area contributed by atoms with Crippen molar-refractivity contribution in [2.45, 2.75) is 13.0 Å². The maximum absolute atomic E-state index is 12.7. The second-order valence-corrected chi connectivity index (χ2v) is 8.25. The summed E-state index contributed by atoms with van der Waals surface area (Å²) in [6.45, 7) is 5.34. The predicted molar refractivity (Wildman–Crippen MR) is 111 cm³/mol. The summed E-state index contributed by atoms with van der Waals surface area (Å²) in [5, 5.41) is 0. The number of amides is 1. The lowest BCUT2D eigenvalue weighted by Crippen LogP contribution is -2.49. The standard InChI is InChI=1S/C23H24N2OS/c1-18-12-13-21(27-18)23(26)25-16-14-24(15-17-25)22(19-8-4-2-5-9-19)20-10-6-3-7-11-20/h2-13,22H,14-17H2,1H3. The van der Waals surface area contributed by atoms with Gasteiger partial charge >= 0.3 is 0 Å². The highest BCUT2D eigenvalue weighted by Crippen LogP contribution is 2.30. The van der Waals surface area contributed by atoms with Crippen molar-refractivity contribution in [1.29, 1.82) is 0 Å². The third kappa shape index (κ3) is 3.97. The Morgan fingerprint density at radius 2 is 1.37 bits per heavy atom. The van der Waals surface area contributed by atoms with Gasteiger partial charge in [-0.25, -0.2) is 0 Å². The van der Waals surface area contributed by atoms with Gasteiger partial charge in [0.25, 0.3) is 5.91 Å². The summed E-state index contributed by atoms with van der Waals surface area (Å²) >= 11 is 1.59. The van der Waals surface area contributed by atoms with E-state index in [1.54, 1.807) is 11.3 Å². The van der Waals surface area contributed by atoms with Crippen molar-refractivity contribution >= 4 is 17.2 Å². The average Bonchev–Trinajstić information content (AvgIpc) is 3.16. The molecule has 3 nitrogen and oxygen atoms in total. The highest BCUT2D eigenvalue weighted by atomic mass is 32.1. The number of piperazine rings is 1. The van der Waals surface area contributed by atoms with Gasteiger partial charge in [0, 0.05) is 31.1 Å². The van der Waals surface area contributed by atoms with E-state index in [4.69, 9.17) is 0 Å². The molecule has 0 aliphatic carbocycles. The number of thiophene rings is 1. The number of benzene rings is 2. The Balaban J connectivity index is 1.51. The number of carbonyl (C=O) groups is 1. The first-order chi connectivity index (χ1) is 13.2. The second kappa shape index (κ2) is 8.07. The van der Waals surface area contributed by atoms with E-state index in [9.17, 15) is 4.79 Å².